The zero-order chi connectivity index (χ0) is 31.4. The van der Waals surface area contributed by atoms with Crippen LogP contribution in [0.5, 0.6) is 0 Å². The number of hydrogen-bond acceptors (Lipinski definition) is 7. The molecule has 2 atom stereocenters. The second-order valence-electron chi connectivity index (χ2n) is 12.2. The molecule has 240 valence electrons. The number of ether oxygens (including phenoxy) is 2. The van der Waals surface area contributed by atoms with E-state index in [1.165, 1.54) is 11.4 Å². The topological polar surface area (TPSA) is 48.5 Å². The second kappa shape index (κ2) is 16.5. The number of piperazine rings is 2. The summed E-state index contributed by atoms with van der Waals surface area (Å²) in [5.41, 5.74) is 4.69. The Morgan fingerprint density at radius 3 is 1.15 bits per heavy atom. The van der Waals surface area contributed by atoms with Gasteiger partial charge in [-0.1, -0.05) is 97.1 Å². The van der Waals surface area contributed by atoms with Crippen molar-refractivity contribution in [3.8, 4) is 0 Å². The predicted octanol–water partition coefficient (Wildman–Crippen LogP) is 5.37. The summed E-state index contributed by atoms with van der Waals surface area (Å²) in [6.07, 6.45) is 0. The smallest absolute Gasteiger partial charge is 0.171 e. The van der Waals surface area contributed by atoms with Crippen molar-refractivity contribution in [3.05, 3.63) is 132 Å². The molecule has 2 saturated heterocycles. The van der Waals surface area contributed by atoms with Crippen molar-refractivity contribution in [2.75, 3.05) is 75.4 Å². The summed E-state index contributed by atoms with van der Waals surface area (Å²) < 4.78 is 12.6. The summed E-state index contributed by atoms with van der Waals surface area (Å²) in [5.74, 6) is 0.197. The maximum absolute atomic E-state index is 14.8. The number of ketones is 1. The molecule has 0 spiro atoms. The van der Waals surface area contributed by atoms with Gasteiger partial charge in [0.25, 0.3) is 0 Å². The highest BCUT2D eigenvalue weighted by Gasteiger charge is 2.37. The Bertz CT molecular complexity index is 1330. The fourth-order valence-electron chi connectivity index (χ4n) is 6.54. The lowest BCUT2D eigenvalue weighted by molar-refractivity contribution is -0.135. The number of carbonyl (C=O) groups excluding carboxylic acids is 1. The van der Waals surface area contributed by atoms with Crippen LogP contribution in [-0.4, -0.2) is 93.2 Å². The summed E-state index contributed by atoms with van der Waals surface area (Å²) in [6.45, 7) is 8.40. The average molecular weight is 619 g/mol. The van der Waals surface area contributed by atoms with Gasteiger partial charge in [0, 0.05) is 63.7 Å². The molecule has 0 saturated carbocycles. The third-order valence-corrected chi connectivity index (χ3v) is 9.18. The maximum Gasteiger partial charge on any atom is 0.171 e. The van der Waals surface area contributed by atoms with Crippen LogP contribution < -0.4 is 9.80 Å². The standard InChI is InChI=1S/C39H46N4O3/c44-39(37(31-45-29-33-13-5-1-6-14-33)42-25-21-40(22-26-42)35-17-9-3-10-18-35)38(32-46-30-34-15-7-2-8-16-34)43-27-23-41(24-28-43)36-19-11-4-12-20-36/h1-20,37-38H,21-32H2. The van der Waals surface area contributed by atoms with E-state index in [0.717, 1.165) is 63.5 Å². The Hall–Kier alpha value is -4.01. The van der Waals surface area contributed by atoms with Crippen molar-refractivity contribution in [3.63, 3.8) is 0 Å². The van der Waals surface area contributed by atoms with Gasteiger partial charge in [0.1, 0.15) is 0 Å². The molecule has 2 unspecified atom stereocenters. The lowest BCUT2D eigenvalue weighted by atomic mass is 10.0. The van der Waals surface area contributed by atoms with Gasteiger partial charge in [0.15, 0.2) is 5.78 Å². The third kappa shape index (κ3) is 8.62. The van der Waals surface area contributed by atoms with E-state index < -0.39 is 0 Å². The Morgan fingerprint density at radius 1 is 0.478 bits per heavy atom. The van der Waals surface area contributed by atoms with Gasteiger partial charge in [-0.25, -0.2) is 0 Å². The van der Waals surface area contributed by atoms with Crippen molar-refractivity contribution in [2.45, 2.75) is 25.3 Å². The number of anilines is 2. The molecule has 2 aliphatic rings. The monoisotopic (exact) mass is 618 g/mol. The van der Waals surface area contributed by atoms with Crippen LogP contribution >= 0.6 is 0 Å². The first kappa shape index (κ1) is 32.0. The Balaban J connectivity index is 1.17. The minimum absolute atomic E-state index is 0.197. The van der Waals surface area contributed by atoms with E-state index in [1.54, 1.807) is 0 Å². The first-order chi connectivity index (χ1) is 22.7. The van der Waals surface area contributed by atoms with Crippen molar-refractivity contribution in [2.24, 2.45) is 0 Å². The molecule has 0 bridgehead atoms. The predicted molar refractivity (Wildman–Crippen MR) is 185 cm³/mol. The molecule has 0 aromatic heterocycles. The van der Waals surface area contributed by atoms with E-state index in [1.807, 2.05) is 36.4 Å². The highest BCUT2D eigenvalue weighted by Crippen LogP contribution is 2.21. The number of carbonyl (C=O) groups is 1. The summed E-state index contributed by atoms with van der Waals surface area (Å²) in [6, 6.07) is 40.8. The van der Waals surface area contributed by atoms with Gasteiger partial charge in [0.05, 0.1) is 38.5 Å². The Kier molecular flexibility index (Phi) is 11.5. The minimum Gasteiger partial charge on any atom is -0.375 e. The van der Waals surface area contributed by atoms with Crippen molar-refractivity contribution >= 4 is 17.2 Å². The van der Waals surface area contributed by atoms with Gasteiger partial charge in [0.2, 0.25) is 0 Å². The number of benzene rings is 4. The minimum atomic E-state index is -0.348. The third-order valence-electron chi connectivity index (χ3n) is 9.18. The van der Waals surface area contributed by atoms with E-state index >= 15 is 0 Å². The normalized spacial score (nSPS) is 17.5. The summed E-state index contributed by atoms with van der Waals surface area (Å²) in [7, 11) is 0. The second-order valence-corrected chi connectivity index (χ2v) is 12.2. The van der Waals surface area contributed by atoms with Crippen LogP contribution in [0.4, 0.5) is 11.4 Å². The maximum atomic E-state index is 14.8. The van der Waals surface area contributed by atoms with Gasteiger partial charge in [-0.05, 0) is 35.4 Å². The van der Waals surface area contributed by atoms with E-state index in [2.05, 4.69) is 105 Å². The van der Waals surface area contributed by atoms with Crippen LogP contribution in [-0.2, 0) is 27.5 Å². The molecule has 4 aromatic carbocycles. The van der Waals surface area contributed by atoms with Gasteiger partial charge < -0.3 is 19.3 Å². The van der Waals surface area contributed by atoms with Crippen LogP contribution in [0.25, 0.3) is 0 Å². The molecule has 7 heteroatoms. The van der Waals surface area contributed by atoms with Crippen LogP contribution in [0.15, 0.2) is 121 Å². The lowest BCUT2D eigenvalue weighted by Crippen LogP contribution is -2.61. The largest absolute Gasteiger partial charge is 0.375 e. The van der Waals surface area contributed by atoms with Crippen LogP contribution in [0.2, 0.25) is 0 Å². The molecule has 4 aromatic rings. The molecular formula is C39H46N4O3. The molecule has 0 aliphatic carbocycles. The zero-order valence-electron chi connectivity index (χ0n) is 26.7. The molecule has 7 nitrogen and oxygen atoms in total. The van der Waals surface area contributed by atoms with Crippen molar-refractivity contribution in [1.29, 1.82) is 0 Å². The lowest BCUT2D eigenvalue weighted by Gasteiger charge is -2.43. The van der Waals surface area contributed by atoms with Gasteiger partial charge >= 0.3 is 0 Å². The van der Waals surface area contributed by atoms with Crippen LogP contribution in [0, 0.1) is 0 Å². The fourth-order valence-corrected chi connectivity index (χ4v) is 6.54. The number of para-hydroxylation sites is 2. The number of rotatable bonds is 14. The molecule has 46 heavy (non-hydrogen) atoms. The Labute approximate surface area is 273 Å². The van der Waals surface area contributed by atoms with Gasteiger partial charge in [-0.2, -0.15) is 0 Å². The number of Topliss-reactive ketones (excluding diaryl/α,β-unsaturated/α-hetero) is 1. The van der Waals surface area contributed by atoms with Crippen molar-refractivity contribution in [1.82, 2.24) is 9.80 Å². The summed E-state index contributed by atoms with van der Waals surface area (Å²) in [4.78, 5) is 24.3. The average Bonchev–Trinajstić information content (AvgIpc) is 3.14. The zero-order valence-corrected chi connectivity index (χ0v) is 26.7. The van der Waals surface area contributed by atoms with Gasteiger partial charge in [-0.3, -0.25) is 14.6 Å². The highest BCUT2D eigenvalue weighted by atomic mass is 16.5. The first-order valence-electron chi connectivity index (χ1n) is 16.6. The summed E-state index contributed by atoms with van der Waals surface area (Å²) >= 11 is 0. The molecule has 0 radical (unpaired) electrons. The van der Waals surface area contributed by atoms with Crippen molar-refractivity contribution < 1.29 is 14.3 Å². The summed E-state index contributed by atoms with van der Waals surface area (Å²) in [5, 5.41) is 0. The van der Waals surface area contributed by atoms with E-state index in [4.69, 9.17) is 9.47 Å². The van der Waals surface area contributed by atoms with E-state index in [-0.39, 0.29) is 17.9 Å². The number of nitrogens with zero attached hydrogens (tertiary/aromatic N) is 4. The molecule has 0 N–H and O–H groups in total. The fraction of sp³-hybridized carbons (Fsp3) is 0.359. The molecule has 2 aliphatic heterocycles. The Morgan fingerprint density at radius 2 is 0.804 bits per heavy atom. The molecule has 2 fully saturated rings. The SMILES string of the molecule is O=C(C(COCc1ccccc1)N1CCN(c2ccccc2)CC1)C(COCc1ccccc1)N1CCN(c2ccccc2)CC1. The first-order valence-corrected chi connectivity index (χ1v) is 16.6. The van der Waals surface area contributed by atoms with Gasteiger partial charge in [-0.15, -0.1) is 0 Å². The molecule has 2 heterocycles. The highest BCUT2D eigenvalue weighted by molar-refractivity contribution is 5.89. The number of hydrogen-bond donors (Lipinski definition) is 0. The molecular weight excluding hydrogens is 572 g/mol. The molecule has 6 rings (SSSR count). The quantitative estimate of drug-likeness (QED) is 0.188. The molecule has 0 amide bonds. The van der Waals surface area contributed by atoms with E-state index in [0.29, 0.717) is 26.4 Å². The van der Waals surface area contributed by atoms with E-state index in [9.17, 15) is 4.79 Å². The van der Waals surface area contributed by atoms with Crippen LogP contribution in [0.1, 0.15) is 11.1 Å². The van der Waals surface area contributed by atoms with Crippen LogP contribution in [0.3, 0.4) is 0 Å².